The van der Waals surface area contributed by atoms with Gasteiger partial charge in [-0.05, 0) is 42.0 Å². The summed E-state index contributed by atoms with van der Waals surface area (Å²) in [6.07, 6.45) is 0.910. The summed E-state index contributed by atoms with van der Waals surface area (Å²) in [5.41, 5.74) is 7.89. The van der Waals surface area contributed by atoms with Gasteiger partial charge in [0.05, 0.1) is 18.2 Å². The van der Waals surface area contributed by atoms with Gasteiger partial charge >= 0.3 is 5.97 Å². The van der Waals surface area contributed by atoms with Crippen molar-refractivity contribution in [3.8, 4) is 11.3 Å². The van der Waals surface area contributed by atoms with E-state index in [2.05, 4.69) is 79.6 Å². The van der Waals surface area contributed by atoms with Crippen molar-refractivity contribution >= 4 is 33.4 Å². The molecule has 0 amide bonds. The summed E-state index contributed by atoms with van der Waals surface area (Å²) in [6, 6.07) is 16.5. The van der Waals surface area contributed by atoms with Crippen LogP contribution in [-0.2, 0) is 16.6 Å². The predicted molar refractivity (Wildman–Crippen MR) is 137 cm³/mol. The van der Waals surface area contributed by atoms with Crippen LogP contribution in [0.15, 0.2) is 58.0 Å². The number of aromatic nitrogens is 1. The van der Waals surface area contributed by atoms with Gasteiger partial charge in [-0.1, -0.05) is 69.4 Å². The molecule has 1 N–H and O–H groups in total. The van der Waals surface area contributed by atoms with Crippen molar-refractivity contribution in [3.05, 3.63) is 75.6 Å². The van der Waals surface area contributed by atoms with Crippen molar-refractivity contribution in [1.82, 2.24) is 4.98 Å². The summed E-state index contributed by atoms with van der Waals surface area (Å²) < 4.78 is 11.1. The second-order valence-corrected chi connectivity index (χ2v) is 10.2. The van der Waals surface area contributed by atoms with Gasteiger partial charge in [-0.3, -0.25) is 5.43 Å². The van der Waals surface area contributed by atoms with Crippen molar-refractivity contribution in [1.29, 1.82) is 0 Å². The predicted octanol–water partition coefficient (Wildman–Crippen LogP) is 6.44. The molecule has 6 nitrogen and oxygen atoms in total. The molecule has 0 fully saturated rings. The van der Waals surface area contributed by atoms with E-state index in [1.165, 1.54) is 29.6 Å². The third-order valence-electron chi connectivity index (χ3n) is 5.69. The second kappa shape index (κ2) is 9.43. The van der Waals surface area contributed by atoms with Gasteiger partial charge in [0.2, 0.25) is 5.13 Å². The van der Waals surface area contributed by atoms with Crippen molar-refractivity contribution in [2.24, 2.45) is 5.10 Å². The lowest BCUT2D eigenvalue weighted by molar-refractivity contribution is 0.0605. The zero-order valence-electron chi connectivity index (χ0n) is 20.4. The Labute approximate surface area is 203 Å². The number of ether oxygens (including phenoxy) is 1. The Kier molecular flexibility index (Phi) is 6.57. The van der Waals surface area contributed by atoms with Crippen molar-refractivity contribution < 1.29 is 13.9 Å². The maximum atomic E-state index is 11.9. The Morgan fingerprint density at radius 1 is 1.15 bits per heavy atom. The summed E-state index contributed by atoms with van der Waals surface area (Å²) in [7, 11) is 1.36. The Hall–Kier alpha value is -3.45. The number of carbonyl (C=O) groups excluding carboxylic acids is 1. The van der Waals surface area contributed by atoms with E-state index in [1.54, 1.807) is 6.92 Å². The van der Waals surface area contributed by atoms with Crippen LogP contribution >= 0.6 is 11.3 Å². The molecule has 2 heterocycles. The van der Waals surface area contributed by atoms with Crippen LogP contribution in [0.2, 0.25) is 0 Å². The van der Waals surface area contributed by atoms with Crippen LogP contribution in [0.25, 0.3) is 22.3 Å². The second-order valence-electron chi connectivity index (χ2n) is 9.16. The van der Waals surface area contributed by atoms with Gasteiger partial charge in [0, 0.05) is 17.0 Å². The maximum absolute atomic E-state index is 11.9. The van der Waals surface area contributed by atoms with E-state index >= 15 is 0 Å². The van der Waals surface area contributed by atoms with Gasteiger partial charge < -0.3 is 9.15 Å². The first-order chi connectivity index (χ1) is 16.2. The molecule has 0 saturated carbocycles. The highest BCUT2D eigenvalue weighted by Gasteiger charge is 2.16. The topological polar surface area (TPSA) is 76.7 Å². The molecule has 176 valence electrons. The molecule has 0 saturated heterocycles. The Morgan fingerprint density at radius 3 is 2.53 bits per heavy atom. The number of thiazole rings is 1. The highest BCUT2D eigenvalue weighted by atomic mass is 32.1. The quantitative estimate of drug-likeness (QED) is 0.265. The largest absolute Gasteiger partial charge is 0.465 e. The lowest BCUT2D eigenvalue weighted by Gasteiger charge is -2.19. The number of hydrogen-bond donors (Lipinski definition) is 1. The van der Waals surface area contributed by atoms with E-state index < -0.39 is 5.97 Å². The normalized spacial score (nSPS) is 12.2. The minimum Gasteiger partial charge on any atom is -0.465 e. The fraction of sp³-hybridized carbons (Fsp3) is 0.296. The van der Waals surface area contributed by atoms with Gasteiger partial charge in [-0.15, -0.1) is 0 Å². The fourth-order valence-corrected chi connectivity index (χ4v) is 4.47. The molecule has 2 aromatic heterocycles. The molecule has 0 unspecified atom stereocenters. The number of benzene rings is 2. The van der Waals surface area contributed by atoms with Gasteiger partial charge in [-0.25, -0.2) is 9.78 Å². The third-order valence-corrected chi connectivity index (χ3v) is 6.73. The molecule has 7 heteroatoms. The zero-order valence-corrected chi connectivity index (χ0v) is 21.2. The highest BCUT2D eigenvalue weighted by Crippen LogP contribution is 2.28. The van der Waals surface area contributed by atoms with Gasteiger partial charge in [0.15, 0.2) is 0 Å². The molecule has 34 heavy (non-hydrogen) atoms. The Balaban J connectivity index is 1.80. The zero-order chi connectivity index (χ0) is 24.5. The van der Waals surface area contributed by atoms with Crippen molar-refractivity contribution in [2.45, 2.75) is 46.5 Å². The number of methoxy groups -OCH3 is 1. The van der Waals surface area contributed by atoms with Crippen LogP contribution < -0.4 is 10.8 Å². The number of carbonyl (C=O) groups is 1. The molecule has 2 aromatic carbocycles. The standard InChI is InChI=1S/C27H29N3O3S/c1-7-17-8-13-22-20(14-17)21(29-30-26-28-16(2)24(34-26)25(31)32-6)15-23(33-22)18-9-11-19(12-10-18)27(3,4)5/h8-15H,7H2,1-6H3,(H,28,30)/b29-21+. The summed E-state index contributed by atoms with van der Waals surface area (Å²) in [6.45, 7) is 10.5. The van der Waals surface area contributed by atoms with Crippen LogP contribution in [0.1, 0.15) is 54.2 Å². The van der Waals surface area contributed by atoms with Gasteiger partial charge in [0.25, 0.3) is 0 Å². The average molecular weight is 476 g/mol. The van der Waals surface area contributed by atoms with Crippen LogP contribution in [0.3, 0.4) is 0 Å². The molecule has 0 aliphatic rings. The first-order valence-corrected chi connectivity index (χ1v) is 12.0. The van der Waals surface area contributed by atoms with Crippen molar-refractivity contribution in [2.75, 3.05) is 12.5 Å². The molecular formula is C27H29N3O3S. The van der Waals surface area contributed by atoms with Crippen LogP contribution in [-0.4, -0.2) is 18.1 Å². The monoisotopic (exact) mass is 475 g/mol. The SMILES string of the molecule is CCc1ccc2oc(-c3ccc(C(C)(C)C)cc3)c/c(=N\Nc3nc(C)c(C(=O)OC)s3)c2c1. The molecule has 0 atom stereocenters. The van der Waals surface area contributed by atoms with E-state index in [0.29, 0.717) is 15.7 Å². The minimum atomic E-state index is -0.402. The fourth-order valence-electron chi connectivity index (χ4n) is 3.64. The number of fused-ring (bicyclic) bond motifs is 1. The number of anilines is 1. The van der Waals surface area contributed by atoms with Crippen LogP contribution in [0.5, 0.6) is 0 Å². The number of esters is 1. The molecule has 0 spiro atoms. The average Bonchev–Trinajstić information content (AvgIpc) is 3.21. The van der Waals surface area contributed by atoms with Crippen LogP contribution in [0.4, 0.5) is 5.13 Å². The van der Waals surface area contributed by atoms with E-state index in [4.69, 9.17) is 9.15 Å². The molecule has 0 bridgehead atoms. The number of nitrogens with zero attached hydrogens (tertiary/aromatic N) is 2. The molecule has 4 rings (SSSR count). The van der Waals surface area contributed by atoms with Crippen LogP contribution in [0, 0.1) is 6.92 Å². The summed E-state index contributed by atoms with van der Waals surface area (Å²) in [5.74, 6) is 0.323. The van der Waals surface area contributed by atoms with E-state index in [9.17, 15) is 4.79 Å². The Bertz CT molecular complexity index is 1410. The van der Waals surface area contributed by atoms with E-state index in [1.807, 2.05) is 12.1 Å². The molecule has 0 radical (unpaired) electrons. The molecule has 0 aliphatic heterocycles. The van der Waals surface area contributed by atoms with Crippen molar-refractivity contribution in [3.63, 3.8) is 0 Å². The summed E-state index contributed by atoms with van der Waals surface area (Å²) in [5, 5.41) is 6.81. The first-order valence-electron chi connectivity index (χ1n) is 11.2. The number of nitrogens with one attached hydrogen (secondary N) is 1. The molecular weight excluding hydrogens is 446 g/mol. The number of hydrogen-bond acceptors (Lipinski definition) is 7. The third kappa shape index (κ3) is 4.89. The lowest BCUT2D eigenvalue weighted by Crippen LogP contribution is -2.10. The van der Waals surface area contributed by atoms with E-state index in [-0.39, 0.29) is 5.41 Å². The minimum absolute atomic E-state index is 0.0783. The van der Waals surface area contributed by atoms with Gasteiger partial charge in [-0.2, -0.15) is 5.10 Å². The van der Waals surface area contributed by atoms with Gasteiger partial charge in [0.1, 0.15) is 16.2 Å². The smallest absolute Gasteiger partial charge is 0.350 e. The maximum Gasteiger partial charge on any atom is 0.350 e. The Morgan fingerprint density at radius 2 is 1.88 bits per heavy atom. The molecule has 0 aliphatic carbocycles. The number of rotatable bonds is 5. The summed E-state index contributed by atoms with van der Waals surface area (Å²) >= 11 is 1.21. The summed E-state index contributed by atoms with van der Waals surface area (Å²) in [4.78, 5) is 16.8. The van der Waals surface area contributed by atoms with E-state index in [0.717, 1.165) is 34.1 Å². The first kappa shape index (κ1) is 23.7. The highest BCUT2D eigenvalue weighted by molar-refractivity contribution is 7.17. The lowest BCUT2D eigenvalue weighted by atomic mass is 9.86. The molecule has 4 aromatic rings. The number of aryl methyl sites for hydroxylation is 2.